The second-order valence-corrected chi connectivity index (χ2v) is 5.81. The van der Waals surface area contributed by atoms with Crippen LogP contribution >= 0.6 is 12.2 Å². The molecule has 0 aliphatic carbocycles. The summed E-state index contributed by atoms with van der Waals surface area (Å²) in [5, 5.41) is 3.95. The molecule has 2 nitrogen and oxygen atoms in total. The van der Waals surface area contributed by atoms with Gasteiger partial charge >= 0.3 is 6.18 Å². The van der Waals surface area contributed by atoms with Crippen LogP contribution in [0, 0.1) is 37.1 Å². The summed E-state index contributed by atoms with van der Waals surface area (Å²) in [5.41, 5.74) is -2.14. The summed E-state index contributed by atoms with van der Waals surface area (Å²) in [6.45, 7) is 3.46. The third-order valence-electron chi connectivity index (χ3n) is 3.43. The maximum atomic E-state index is 13.8. The number of hydrogen-bond acceptors (Lipinski definition) is 1. The Balaban J connectivity index is 2.38. The van der Waals surface area contributed by atoms with Crippen molar-refractivity contribution in [1.82, 2.24) is 0 Å². The van der Waals surface area contributed by atoms with E-state index in [9.17, 15) is 30.7 Å². The fraction of sp³-hybridized carbons (Fsp3) is 0.188. The molecule has 2 rings (SSSR count). The minimum Gasteiger partial charge on any atom is -0.332 e. The first kappa shape index (κ1) is 20.0. The van der Waals surface area contributed by atoms with Gasteiger partial charge in [-0.1, -0.05) is 12.1 Å². The zero-order chi connectivity index (χ0) is 19.8. The second-order valence-electron chi connectivity index (χ2n) is 5.40. The monoisotopic (exact) mass is 396 g/mol. The summed E-state index contributed by atoms with van der Waals surface area (Å²) < 4.78 is 92.5. The SMILES string of the molecule is Cc1ccc(C)c(NC(=S)Nc2c(F)c(F)c(C(F)(F)F)c(F)c2F)c1. The van der Waals surface area contributed by atoms with Gasteiger partial charge in [-0.15, -0.1) is 0 Å². The van der Waals surface area contributed by atoms with Crippen LogP contribution in [0.15, 0.2) is 18.2 Å². The van der Waals surface area contributed by atoms with Crippen molar-refractivity contribution in [2.75, 3.05) is 10.6 Å². The minimum atomic E-state index is -5.61. The molecule has 0 aliphatic heterocycles. The number of alkyl halides is 3. The summed E-state index contributed by atoms with van der Waals surface area (Å²) >= 11 is 4.81. The van der Waals surface area contributed by atoms with Gasteiger partial charge in [0.05, 0.1) is 0 Å². The number of thiocarbonyl (C=S) groups is 1. The molecule has 0 unspecified atom stereocenters. The molecule has 26 heavy (non-hydrogen) atoms. The molecule has 2 aromatic rings. The summed E-state index contributed by atoms with van der Waals surface area (Å²) in [7, 11) is 0. The summed E-state index contributed by atoms with van der Waals surface area (Å²) in [5.74, 6) is -9.59. The zero-order valence-electron chi connectivity index (χ0n) is 13.3. The Kier molecular flexibility index (Phi) is 5.45. The maximum absolute atomic E-state index is 13.8. The van der Waals surface area contributed by atoms with Crippen LogP contribution in [0.4, 0.5) is 42.1 Å². The highest BCUT2D eigenvalue weighted by atomic mass is 32.1. The molecule has 0 bridgehead atoms. The van der Waals surface area contributed by atoms with Gasteiger partial charge in [-0.25, -0.2) is 17.6 Å². The number of nitrogens with one attached hydrogen (secondary N) is 2. The van der Waals surface area contributed by atoms with Crippen LogP contribution in [-0.2, 0) is 6.18 Å². The third kappa shape index (κ3) is 3.90. The second kappa shape index (κ2) is 7.10. The molecule has 0 heterocycles. The normalized spacial score (nSPS) is 11.4. The van der Waals surface area contributed by atoms with Gasteiger partial charge in [-0.2, -0.15) is 13.2 Å². The first-order valence-electron chi connectivity index (χ1n) is 7.02. The lowest BCUT2D eigenvalue weighted by atomic mass is 10.1. The Bertz CT molecular complexity index is 849. The molecule has 0 atom stereocenters. The van der Waals surface area contributed by atoms with E-state index in [2.05, 4.69) is 5.32 Å². The van der Waals surface area contributed by atoms with E-state index in [-0.39, 0.29) is 0 Å². The predicted molar refractivity (Wildman–Crippen MR) is 87.0 cm³/mol. The molecule has 0 radical (unpaired) electrons. The van der Waals surface area contributed by atoms with Crippen molar-refractivity contribution in [3.05, 3.63) is 58.2 Å². The zero-order valence-corrected chi connectivity index (χ0v) is 14.1. The van der Waals surface area contributed by atoms with E-state index in [0.29, 0.717) is 11.3 Å². The molecule has 0 aromatic heterocycles. The van der Waals surface area contributed by atoms with Gasteiger partial charge in [0.1, 0.15) is 11.3 Å². The Morgan fingerprint density at radius 2 is 1.42 bits per heavy atom. The van der Waals surface area contributed by atoms with E-state index in [1.165, 1.54) is 0 Å². The van der Waals surface area contributed by atoms with Gasteiger partial charge in [0.15, 0.2) is 28.4 Å². The largest absolute Gasteiger partial charge is 0.422 e. The van der Waals surface area contributed by atoms with Crippen molar-refractivity contribution < 1.29 is 30.7 Å². The number of aryl methyl sites for hydroxylation is 2. The smallest absolute Gasteiger partial charge is 0.332 e. The van der Waals surface area contributed by atoms with Crippen LogP contribution in [0.25, 0.3) is 0 Å². The van der Waals surface area contributed by atoms with Crippen molar-refractivity contribution >= 4 is 28.7 Å². The predicted octanol–water partition coefficient (Wildman–Crippen LogP) is 5.69. The molecule has 2 aromatic carbocycles. The first-order chi connectivity index (χ1) is 11.9. The highest BCUT2D eigenvalue weighted by molar-refractivity contribution is 7.80. The van der Waals surface area contributed by atoms with Crippen molar-refractivity contribution in [3.8, 4) is 0 Å². The van der Waals surface area contributed by atoms with Crippen molar-refractivity contribution in [2.45, 2.75) is 20.0 Å². The van der Waals surface area contributed by atoms with E-state index in [1.54, 1.807) is 32.0 Å². The van der Waals surface area contributed by atoms with Crippen molar-refractivity contribution in [3.63, 3.8) is 0 Å². The standard InChI is InChI=1S/C16H11F7N2S/c1-6-3-4-7(2)8(5-6)24-15(26)25-14-12(19)10(17)9(16(21,22)23)11(18)13(14)20/h3-5H,1-2H3,(H2,24,25,26). The van der Waals surface area contributed by atoms with Crippen LogP contribution in [0.2, 0.25) is 0 Å². The molecular formula is C16H11F7N2S. The summed E-state index contributed by atoms with van der Waals surface area (Å²) in [6.07, 6.45) is -5.61. The van der Waals surface area contributed by atoms with Gasteiger partial charge in [0.2, 0.25) is 0 Å². The van der Waals surface area contributed by atoms with Crippen molar-refractivity contribution in [2.24, 2.45) is 0 Å². The number of rotatable bonds is 2. The van der Waals surface area contributed by atoms with Crippen LogP contribution in [0.1, 0.15) is 16.7 Å². The van der Waals surface area contributed by atoms with E-state index in [1.807, 2.05) is 5.32 Å². The molecular weight excluding hydrogens is 385 g/mol. The molecule has 0 saturated carbocycles. The molecule has 0 amide bonds. The van der Waals surface area contributed by atoms with Gasteiger partial charge in [0.25, 0.3) is 0 Å². The maximum Gasteiger partial charge on any atom is 0.422 e. The number of hydrogen-bond donors (Lipinski definition) is 2. The number of halogens is 7. The van der Waals surface area contributed by atoms with Crippen LogP contribution < -0.4 is 10.6 Å². The van der Waals surface area contributed by atoms with E-state index >= 15 is 0 Å². The first-order valence-corrected chi connectivity index (χ1v) is 7.42. The molecule has 0 fully saturated rings. The molecule has 2 N–H and O–H groups in total. The highest BCUT2D eigenvalue weighted by Gasteiger charge is 2.42. The number of anilines is 2. The van der Waals surface area contributed by atoms with E-state index in [0.717, 1.165) is 5.56 Å². The van der Waals surface area contributed by atoms with Gasteiger partial charge in [0, 0.05) is 5.69 Å². The fourth-order valence-corrected chi connectivity index (χ4v) is 2.34. The van der Waals surface area contributed by atoms with E-state index < -0.39 is 45.8 Å². The lowest BCUT2D eigenvalue weighted by Crippen LogP contribution is -2.23. The fourth-order valence-electron chi connectivity index (χ4n) is 2.13. The molecule has 10 heteroatoms. The Morgan fingerprint density at radius 3 is 1.92 bits per heavy atom. The average Bonchev–Trinajstić information content (AvgIpc) is 2.52. The Morgan fingerprint density at radius 1 is 0.885 bits per heavy atom. The molecule has 0 saturated heterocycles. The lowest BCUT2D eigenvalue weighted by molar-refractivity contribution is -0.143. The van der Waals surface area contributed by atoms with Crippen molar-refractivity contribution in [1.29, 1.82) is 0 Å². The minimum absolute atomic E-state index is 0.441. The van der Waals surface area contributed by atoms with Gasteiger partial charge in [-0.05, 0) is 43.3 Å². The lowest BCUT2D eigenvalue weighted by Gasteiger charge is -2.17. The molecule has 0 spiro atoms. The summed E-state index contributed by atoms with van der Waals surface area (Å²) in [4.78, 5) is 0. The van der Waals surface area contributed by atoms with Gasteiger partial charge in [-0.3, -0.25) is 0 Å². The van der Waals surface area contributed by atoms with Crippen LogP contribution in [-0.4, -0.2) is 5.11 Å². The van der Waals surface area contributed by atoms with E-state index in [4.69, 9.17) is 12.2 Å². The Labute approximate surface area is 149 Å². The highest BCUT2D eigenvalue weighted by Crippen LogP contribution is 2.38. The van der Waals surface area contributed by atoms with Crippen LogP contribution in [0.3, 0.4) is 0 Å². The molecule has 140 valence electrons. The Hall–Kier alpha value is -2.36. The van der Waals surface area contributed by atoms with Gasteiger partial charge < -0.3 is 10.6 Å². The quantitative estimate of drug-likeness (QED) is 0.388. The average molecular weight is 396 g/mol. The third-order valence-corrected chi connectivity index (χ3v) is 3.63. The summed E-state index contributed by atoms with van der Waals surface area (Å²) in [6, 6.07) is 5.15. The topological polar surface area (TPSA) is 24.1 Å². The van der Waals surface area contributed by atoms with Crippen LogP contribution in [0.5, 0.6) is 0 Å². The molecule has 0 aliphatic rings. The number of benzene rings is 2.